The number of aliphatic imine (C=N–C) groups is 2. The van der Waals surface area contributed by atoms with Crippen molar-refractivity contribution in [3.63, 3.8) is 0 Å². The Bertz CT molecular complexity index is 1080. The molecule has 132 valence electrons. The number of aromatic nitrogens is 2. The van der Waals surface area contributed by atoms with Gasteiger partial charge < -0.3 is 0 Å². The third-order valence-corrected chi connectivity index (χ3v) is 4.30. The molecule has 2 heterocycles. The van der Waals surface area contributed by atoms with Gasteiger partial charge in [-0.15, -0.1) is 0 Å². The zero-order valence-electron chi connectivity index (χ0n) is 15.4. The fourth-order valence-electron chi connectivity index (χ4n) is 3.13. The quantitative estimate of drug-likeness (QED) is 0.419. The van der Waals surface area contributed by atoms with Gasteiger partial charge in [0.1, 0.15) is 0 Å². The smallest absolute Gasteiger partial charge is 0.0818 e. The highest BCUT2D eigenvalue weighted by atomic mass is 14.8. The minimum Gasteiger partial charge on any atom is -0.256 e. The van der Waals surface area contributed by atoms with Gasteiger partial charge in [-0.25, -0.2) is 0 Å². The van der Waals surface area contributed by atoms with Gasteiger partial charge in [-0.3, -0.25) is 20.0 Å². The molecule has 0 amide bonds. The Balaban J connectivity index is 1.53. The molecule has 4 nitrogen and oxygen atoms in total. The topological polar surface area (TPSA) is 50.5 Å². The van der Waals surface area contributed by atoms with Crippen LogP contribution in [0.25, 0.3) is 21.8 Å². The first-order chi connectivity index (χ1) is 13.2. The molecule has 0 spiro atoms. The molecule has 27 heavy (non-hydrogen) atoms. The van der Waals surface area contributed by atoms with E-state index in [1.807, 2.05) is 62.6 Å². The summed E-state index contributed by atoms with van der Waals surface area (Å²) in [6.07, 6.45) is 4.33. The number of nitrogens with zero attached hydrogens (tertiary/aromatic N) is 4. The lowest BCUT2D eigenvalue weighted by atomic mass is 10.2. The van der Waals surface area contributed by atoms with Crippen LogP contribution in [0.2, 0.25) is 0 Å². The molecule has 2 aromatic carbocycles. The van der Waals surface area contributed by atoms with Crippen LogP contribution in [-0.2, 0) is 0 Å². The van der Waals surface area contributed by atoms with E-state index in [1.165, 1.54) is 0 Å². The number of fused-ring (bicyclic) bond motifs is 2. The Hall–Kier alpha value is -3.40. The predicted molar refractivity (Wildman–Crippen MR) is 114 cm³/mol. The van der Waals surface area contributed by atoms with Crippen LogP contribution < -0.4 is 0 Å². The van der Waals surface area contributed by atoms with Crippen LogP contribution in [0.15, 0.2) is 83.0 Å². The van der Waals surface area contributed by atoms with Gasteiger partial charge in [0.05, 0.1) is 34.8 Å². The van der Waals surface area contributed by atoms with E-state index in [0.717, 1.165) is 44.6 Å². The van der Waals surface area contributed by atoms with Gasteiger partial charge in [0.2, 0.25) is 0 Å². The van der Waals surface area contributed by atoms with E-state index >= 15 is 0 Å². The van der Waals surface area contributed by atoms with E-state index in [4.69, 9.17) is 9.98 Å². The monoisotopic (exact) mass is 352 g/mol. The summed E-state index contributed by atoms with van der Waals surface area (Å²) in [5.41, 5.74) is 5.70. The third kappa shape index (κ3) is 4.06. The Morgan fingerprint density at radius 1 is 0.704 bits per heavy atom. The van der Waals surface area contributed by atoms with Gasteiger partial charge in [0, 0.05) is 28.6 Å². The number of hydrogen-bond acceptors (Lipinski definition) is 4. The van der Waals surface area contributed by atoms with Crippen molar-refractivity contribution in [2.75, 3.05) is 0 Å². The fraction of sp³-hybridized carbons (Fsp3) is 0.130. The molecule has 0 unspecified atom stereocenters. The maximum atomic E-state index is 4.70. The van der Waals surface area contributed by atoms with E-state index in [0.29, 0.717) is 6.42 Å². The maximum absolute atomic E-state index is 4.70. The second-order valence-electron chi connectivity index (χ2n) is 6.64. The molecule has 0 atom stereocenters. The first-order valence-electron chi connectivity index (χ1n) is 8.95. The molecule has 0 saturated carbocycles. The lowest BCUT2D eigenvalue weighted by molar-refractivity contribution is 1.32. The maximum Gasteiger partial charge on any atom is 0.0818 e. The predicted octanol–water partition coefficient (Wildman–Crippen LogP) is 6.06. The van der Waals surface area contributed by atoms with Gasteiger partial charge in [0.15, 0.2) is 0 Å². The van der Waals surface area contributed by atoms with Gasteiger partial charge in [0.25, 0.3) is 0 Å². The molecule has 0 fully saturated rings. The third-order valence-electron chi connectivity index (χ3n) is 4.30. The molecule has 0 bridgehead atoms. The first kappa shape index (κ1) is 17.0. The number of hydrogen-bond donors (Lipinski definition) is 0. The van der Waals surface area contributed by atoms with Gasteiger partial charge >= 0.3 is 0 Å². The molecule has 2 aromatic heterocycles. The minimum absolute atomic E-state index is 0.708. The Morgan fingerprint density at radius 3 is 1.63 bits per heavy atom. The number of para-hydroxylation sites is 2. The fourth-order valence-corrected chi connectivity index (χ4v) is 3.13. The van der Waals surface area contributed by atoms with Crippen molar-refractivity contribution < 1.29 is 0 Å². The first-order valence-corrected chi connectivity index (χ1v) is 8.95. The summed E-state index contributed by atoms with van der Waals surface area (Å²) in [7, 11) is 0. The summed E-state index contributed by atoms with van der Waals surface area (Å²) in [5, 5.41) is 2.19. The van der Waals surface area contributed by atoms with Gasteiger partial charge in [-0.05, 0) is 38.1 Å². The van der Waals surface area contributed by atoms with E-state index in [1.54, 1.807) is 0 Å². The average Bonchev–Trinajstić information content (AvgIpc) is 2.67. The van der Waals surface area contributed by atoms with Gasteiger partial charge in [-0.2, -0.15) is 0 Å². The number of benzene rings is 2. The molecule has 4 heteroatoms. The van der Waals surface area contributed by atoms with Crippen molar-refractivity contribution in [1.82, 2.24) is 9.97 Å². The van der Waals surface area contributed by atoms with Crippen molar-refractivity contribution >= 4 is 44.6 Å². The molecule has 0 aliphatic rings. The van der Waals surface area contributed by atoms with Crippen LogP contribution in [0.5, 0.6) is 0 Å². The highest BCUT2D eigenvalue weighted by Gasteiger charge is 2.01. The summed E-state index contributed by atoms with van der Waals surface area (Å²) < 4.78 is 0. The molecule has 0 N–H and O–H groups in total. The van der Waals surface area contributed by atoms with E-state index in [2.05, 4.69) is 34.2 Å². The average molecular weight is 352 g/mol. The molecular formula is C23H20N4. The number of rotatable bonds is 4. The molecule has 4 aromatic rings. The summed E-state index contributed by atoms with van der Waals surface area (Å²) in [4.78, 5) is 18.3. The van der Waals surface area contributed by atoms with Crippen LogP contribution in [0.4, 0.5) is 11.4 Å². The SMILES string of the molecule is CC(CC(C)=Nc1cnc2ccccc2c1)=Nc1cnc2ccccc2c1. The van der Waals surface area contributed by atoms with Crippen molar-refractivity contribution in [2.45, 2.75) is 20.3 Å². The second kappa shape index (κ2) is 7.46. The van der Waals surface area contributed by atoms with Crippen LogP contribution in [-0.4, -0.2) is 21.4 Å². The summed E-state index contributed by atoms with van der Waals surface area (Å²) in [6, 6.07) is 20.2. The summed E-state index contributed by atoms with van der Waals surface area (Å²) >= 11 is 0. The van der Waals surface area contributed by atoms with Crippen molar-refractivity contribution in [3.05, 3.63) is 73.1 Å². The van der Waals surface area contributed by atoms with Crippen molar-refractivity contribution in [3.8, 4) is 0 Å². The van der Waals surface area contributed by atoms with Crippen LogP contribution in [0, 0.1) is 0 Å². The van der Waals surface area contributed by atoms with Gasteiger partial charge in [-0.1, -0.05) is 36.4 Å². The normalized spacial score (nSPS) is 12.7. The summed E-state index contributed by atoms with van der Waals surface area (Å²) in [6.45, 7) is 4.04. The number of pyridine rings is 2. The highest BCUT2D eigenvalue weighted by Crippen LogP contribution is 2.20. The van der Waals surface area contributed by atoms with E-state index < -0.39 is 0 Å². The second-order valence-corrected chi connectivity index (χ2v) is 6.64. The van der Waals surface area contributed by atoms with Crippen molar-refractivity contribution in [1.29, 1.82) is 0 Å². The van der Waals surface area contributed by atoms with Crippen LogP contribution in [0.3, 0.4) is 0 Å². The Kier molecular flexibility index (Phi) is 4.71. The highest BCUT2D eigenvalue weighted by molar-refractivity contribution is 6.04. The molecule has 0 radical (unpaired) electrons. The van der Waals surface area contributed by atoms with Crippen molar-refractivity contribution in [2.24, 2.45) is 9.98 Å². The molecule has 0 saturated heterocycles. The van der Waals surface area contributed by atoms with Crippen LogP contribution >= 0.6 is 0 Å². The molecule has 4 rings (SSSR count). The lowest BCUT2D eigenvalue weighted by Crippen LogP contribution is -2.00. The largest absolute Gasteiger partial charge is 0.256 e. The lowest BCUT2D eigenvalue weighted by Gasteiger charge is -2.04. The Morgan fingerprint density at radius 2 is 1.15 bits per heavy atom. The standard InChI is InChI=1S/C23H20N4/c1-16(26-20-12-18-7-3-5-9-22(18)24-14-20)11-17(2)27-21-13-19-8-4-6-10-23(19)25-15-21/h3-10,12-15H,11H2,1-2H3. The molecule has 0 aliphatic heterocycles. The van der Waals surface area contributed by atoms with E-state index in [9.17, 15) is 0 Å². The zero-order chi connectivity index (χ0) is 18.6. The van der Waals surface area contributed by atoms with Crippen LogP contribution in [0.1, 0.15) is 20.3 Å². The van der Waals surface area contributed by atoms with E-state index in [-0.39, 0.29) is 0 Å². The molecule has 0 aliphatic carbocycles. The Labute approximate surface area is 158 Å². The minimum atomic E-state index is 0.708. The molecular weight excluding hydrogens is 332 g/mol. The summed E-state index contributed by atoms with van der Waals surface area (Å²) in [5.74, 6) is 0. The zero-order valence-corrected chi connectivity index (χ0v) is 15.4.